The minimum atomic E-state index is -0.336. The van der Waals surface area contributed by atoms with Crippen LogP contribution in [0.25, 0.3) is 0 Å². The number of hydrogen-bond donors (Lipinski definition) is 2. The van der Waals surface area contributed by atoms with E-state index < -0.39 is 0 Å². The molecule has 7 heteroatoms. The number of carbonyl (C=O) groups excluding carboxylic acids is 1. The van der Waals surface area contributed by atoms with Crippen molar-refractivity contribution in [3.8, 4) is 0 Å². The number of urea groups is 1. The molecule has 26 heavy (non-hydrogen) atoms. The molecule has 2 aromatic rings. The predicted octanol–water partition coefficient (Wildman–Crippen LogP) is 5.25. The van der Waals surface area contributed by atoms with E-state index in [0.717, 1.165) is 37.3 Å². The molecule has 2 aromatic carbocycles. The first-order valence-electron chi connectivity index (χ1n) is 8.46. The molecule has 0 unspecified atom stereocenters. The fourth-order valence-electron chi connectivity index (χ4n) is 2.97. The fraction of sp³-hybridized carbons (Fsp3) is 0.316. The summed E-state index contributed by atoms with van der Waals surface area (Å²) in [4.78, 5) is 14.4. The van der Waals surface area contributed by atoms with Crippen molar-refractivity contribution in [2.45, 2.75) is 18.9 Å². The van der Waals surface area contributed by atoms with Crippen LogP contribution in [0.4, 0.5) is 21.9 Å². The zero-order valence-corrected chi connectivity index (χ0v) is 16.0. The Morgan fingerprint density at radius 2 is 1.62 bits per heavy atom. The molecule has 0 saturated carbocycles. The molecule has 0 spiro atoms. The van der Waals surface area contributed by atoms with Crippen LogP contribution < -0.4 is 15.5 Å². The lowest BCUT2D eigenvalue weighted by molar-refractivity contribution is 0.0819. The monoisotopic (exact) mass is 393 g/mol. The van der Waals surface area contributed by atoms with Crippen LogP contribution >= 0.6 is 23.2 Å². The third-order valence-corrected chi connectivity index (χ3v) is 5.18. The van der Waals surface area contributed by atoms with Crippen LogP contribution in [0.3, 0.4) is 0 Å². The van der Waals surface area contributed by atoms with Crippen molar-refractivity contribution in [2.75, 3.05) is 35.7 Å². The summed E-state index contributed by atoms with van der Waals surface area (Å²) in [6.07, 6.45) is 2.42. The number of rotatable bonds is 4. The Labute approximate surface area is 163 Å². The molecule has 0 aromatic heterocycles. The van der Waals surface area contributed by atoms with Gasteiger partial charge in [-0.15, -0.1) is 0 Å². The molecule has 2 N–H and O–H groups in total. The number of anilines is 3. The molecule has 1 heterocycles. The standard InChI is InChI=1S/C19H21Cl2N3O2/c1-26-16-8-10-24(11-9-16)15-5-2-13(3-6-15)22-19(25)23-14-4-7-17(20)18(21)12-14/h2-7,12,16H,8-11H2,1H3,(H2,22,23,25). The van der Waals surface area contributed by atoms with Crippen LogP contribution in [0.2, 0.25) is 10.0 Å². The molecule has 1 aliphatic heterocycles. The topological polar surface area (TPSA) is 53.6 Å². The van der Waals surface area contributed by atoms with E-state index in [1.807, 2.05) is 24.3 Å². The van der Waals surface area contributed by atoms with Gasteiger partial charge in [-0.05, 0) is 55.3 Å². The van der Waals surface area contributed by atoms with Gasteiger partial charge in [0, 0.05) is 37.3 Å². The summed E-state index contributed by atoms with van der Waals surface area (Å²) >= 11 is 11.8. The van der Waals surface area contributed by atoms with Crippen molar-refractivity contribution in [3.63, 3.8) is 0 Å². The second kappa shape index (κ2) is 8.62. The van der Waals surface area contributed by atoms with Crippen molar-refractivity contribution < 1.29 is 9.53 Å². The molecule has 138 valence electrons. The molecule has 1 aliphatic rings. The summed E-state index contributed by atoms with van der Waals surface area (Å²) in [5.74, 6) is 0. The summed E-state index contributed by atoms with van der Waals surface area (Å²) in [6.45, 7) is 1.95. The number of hydrogen-bond acceptors (Lipinski definition) is 3. The van der Waals surface area contributed by atoms with Gasteiger partial charge in [0.15, 0.2) is 0 Å². The van der Waals surface area contributed by atoms with Crippen LogP contribution in [0, 0.1) is 0 Å². The molecule has 1 saturated heterocycles. The summed E-state index contributed by atoms with van der Waals surface area (Å²) in [6, 6.07) is 12.4. The van der Waals surface area contributed by atoms with E-state index in [0.29, 0.717) is 21.8 Å². The minimum absolute atomic E-state index is 0.336. The normalized spacial score (nSPS) is 15.0. The largest absolute Gasteiger partial charge is 0.381 e. The van der Waals surface area contributed by atoms with Crippen molar-refractivity contribution in [1.29, 1.82) is 0 Å². The molecule has 0 atom stereocenters. The van der Waals surface area contributed by atoms with Crippen LogP contribution in [-0.2, 0) is 4.74 Å². The number of methoxy groups -OCH3 is 1. The van der Waals surface area contributed by atoms with Gasteiger partial charge in [0.05, 0.1) is 16.1 Å². The maximum Gasteiger partial charge on any atom is 0.323 e. The maximum absolute atomic E-state index is 12.1. The van der Waals surface area contributed by atoms with Crippen LogP contribution in [0.15, 0.2) is 42.5 Å². The van der Waals surface area contributed by atoms with Gasteiger partial charge in [-0.25, -0.2) is 4.79 Å². The van der Waals surface area contributed by atoms with Crippen LogP contribution in [-0.4, -0.2) is 32.3 Å². The second-order valence-corrected chi connectivity index (χ2v) is 6.99. The van der Waals surface area contributed by atoms with E-state index in [1.165, 1.54) is 0 Å². The zero-order chi connectivity index (χ0) is 18.5. The van der Waals surface area contributed by atoms with E-state index in [-0.39, 0.29) is 6.03 Å². The Kier molecular flexibility index (Phi) is 6.25. The summed E-state index contributed by atoms with van der Waals surface area (Å²) in [7, 11) is 1.77. The Hall–Kier alpha value is -1.95. The molecule has 0 radical (unpaired) electrons. The Balaban J connectivity index is 1.55. The van der Waals surface area contributed by atoms with Crippen molar-refractivity contribution in [2.24, 2.45) is 0 Å². The SMILES string of the molecule is COC1CCN(c2ccc(NC(=O)Nc3ccc(Cl)c(Cl)c3)cc2)CC1. The Bertz CT molecular complexity index is 760. The Morgan fingerprint density at radius 1 is 1.00 bits per heavy atom. The lowest BCUT2D eigenvalue weighted by Gasteiger charge is -2.33. The van der Waals surface area contributed by atoms with E-state index in [1.54, 1.807) is 25.3 Å². The lowest BCUT2D eigenvalue weighted by Crippen LogP contribution is -2.36. The zero-order valence-electron chi connectivity index (χ0n) is 14.5. The van der Waals surface area contributed by atoms with Gasteiger partial charge in [0.25, 0.3) is 0 Å². The van der Waals surface area contributed by atoms with E-state index in [9.17, 15) is 4.79 Å². The fourth-order valence-corrected chi connectivity index (χ4v) is 3.27. The number of halogens is 2. The van der Waals surface area contributed by atoms with Crippen molar-refractivity contribution in [1.82, 2.24) is 0 Å². The van der Waals surface area contributed by atoms with E-state index in [2.05, 4.69) is 15.5 Å². The highest BCUT2D eigenvalue weighted by atomic mass is 35.5. The van der Waals surface area contributed by atoms with E-state index >= 15 is 0 Å². The average Bonchev–Trinajstić information content (AvgIpc) is 2.65. The number of piperidine rings is 1. The van der Waals surface area contributed by atoms with Crippen molar-refractivity contribution >= 4 is 46.3 Å². The molecular formula is C19H21Cl2N3O2. The molecule has 0 bridgehead atoms. The van der Waals surface area contributed by atoms with Gasteiger partial charge in [-0.2, -0.15) is 0 Å². The van der Waals surface area contributed by atoms with Gasteiger partial charge in [0.1, 0.15) is 0 Å². The third-order valence-electron chi connectivity index (χ3n) is 4.44. The highest BCUT2D eigenvalue weighted by Gasteiger charge is 2.18. The summed E-state index contributed by atoms with van der Waals surface area (Å²) in [5.41, 5.74) is 2.45. The first-order valence-corrected chi connectivity index (χ1v) is 9.21. The van der Waals surface area contributed by atoms with E-state index in [4.69, 9.17) is 27.9 Å². The lowest BCUT2D eigenvalue weighted by atomic mass is 10.1. The van der Waals surface area contributed by atoms with Crippen LogP contribution in [0.1, 0.15) is 12.8 Å². The maximum atomic E-state index is 12.1. The number of ether oxygens (including phenoxy) is 1. The van der Waals surface area contributed by atoms with Gasteiger partial charge < -0.3 is 20.3 Å². The minimum Gasteiger partial charge on any atom is -0.381 e. The highest BCUT2D eigenvalue weighted by Crippen LogP contribution is 2.26. The summed E-state index contributed by atoms with van der Waals surface area (Å²) in [5, 5.41) is 6.38. The Morgan fingerprint density at radius 3 is 2.23 bits per heavy atom. The quantitative estimate of drug-likeness (QED) is 0.745. The van der Waals surface area contributed by atoms with Gasteiger partial charge >= 0.3 is 6.03 Å². The number of nitrogens with one attached hydrogen (secondary N) is 2. The number of amides is 2. The van der Waals surface area contributed by atoms with Crippen molar-refractivity contribution in [3.05, 3.63) is 52.5 Å². The first kappa shape index (κ1) is 18.8. The first-order chi connectivity index (χ1) is 12.5. The van der Waals surface area contributed by atoms with Crippen LogP contribution in [0.5, 0.6) is 0 Å². The average molecular weight is 394 g/mol. The van der Waals surface area contributed by atoms with Gasteiger partial charge in [-0.3, -0.25) is 0 Å². The van der Waals surface area contributed by atoms with Gasteiger partial charge in [-0.1, -0.05) is 23.2 Å². The number of nitrogens with zero attached hydrogens (tertiary/aromatic N) is 1. The predicted molar refractivity (Wildman–Crippen MR) is 108 cm³/mol. The molecule has 5 nitrogen and oxygen atoms in total. The smallest absolute Gasteiger partial charge is 0.323 e. The third kappa shape index (κ3) is 4.81. The molecule has 3 rings (SSSR count). The molecule has 0 aliphatic carbocycles. The highest BCUT2D eigenvalue weighted by molar-refractivity contribution is 6.42. The second-order valence-electron chi connectivity index (χ2n) is 6.18. The van der Waals surface area contributed by atoms with Gasteiger partial charge in [0.2, 0.25) is 0 Å². The molecule has 2 amide bonds. The molecule has 1 fully saturated rings. The molecular weight excluding hydrogens is 373 g/mol. The number of carbonyl (C=O) groups is 1. The number of benzene rings is 2. The summed E-state index contributed by atoms with van der Waals surface area (Å²) < 4.78 is 5.40.